The van der Waals surface area contributed by atoms with E-state index in [0.29, 0.717) is 0 Å². The molecule has 0 N–H and O–H groups in total. The summed E-state index contributed by atoms with van der Waals surface area (Å²) in [4.78, 5) is 12.3. The molecule has 0 fully saturated rings. The molecule has 6 heterocycles. The molecule has 6 heteroatoms. The molecular formula is C94H60N6. The summed E-state index contributed by atoms with van der Waals surface area (Å²) in [7, 11) is 0. The van der Waals surface area contributed by atoms with Crippen LogP contribution in [-0.2, 0) is 0 Å². The quantitative estimate of drug-likeness (QED) is 0.130. The predicted molar refractivity (Wildman–Crippen MR) is 417 cm³/mol. The van der Waals surface area contributed by atoms with Crippen LogP contribution in [0.3, 0.4) is 0 Å². The van der Waals surface area contributed by atoms with Gasteiger partial charge in [-0.05, 0) is 164 Å². The number of pyridine rings is 2. The minimum absolute atomic E-state index is 0.734. The molecule has 0 aliphatic heterocycles. The molecular weight excluding hydrogens is 1210 g/mol. The molecule has 0 amide bonds. The van der Waals surface area contributed by atoms with Crippen molar-refractivity contribution in [3.63, 3.8) is 0 Å². The fourth-order valence-corrected chi connectivity index (χ4v) is 15.8. The van der Waals surface area contributed by atoms with Crippen molar-refractivity contribution in [2.45, 2.75) is 0 Å². The van der Waals surface area contributed by atoms with E-state index < -0.39 is 0 Å². The van der Waals surface area contributed by atoms with Crippen LogP contribution in [-0.4, -0.2) is 28.2 Å². The van der Waals surface area contributed by atoms with Gasteiger partial charge in [-0.2, -0.15) is 0 Å². The number of hydrogen-bond acceptors (Lipinski definition) is 2. The van der Waals surface area contributed by atoms with Crippen LogP contribution in [0.4, 0.5) is 0 Å². The van der Waals surface area contributed by atoms with E-state index in [1.54, 1.807) is 0 Å². The van der Waals surface area contributed by atoms with Crippen molar-refractivity contribution in [3.8, 4) is 101 Å². The monoisotopic (exact) mass is 1270 g/mol. The van der Waals surface area contributed by atoms with Gasteiger partial charge in [-0.1, -0.05) is 261 Å². The number of fused-ring (bicyclic) bond motifs is 12. The lowest BCUT2D eigenvalue weighted by molar-refractivity contribution is 0.959. The Morgan fingerprint density at radius 2 is 0.420 bits per heavy atom. The molecule has 14 aromatic carbocycles. The first kappa shape index (κ1) is 56.9. The maximum Gasteiger partial charge on any atom is 0.165 e. The summed E-state index contributed by atoms with van der Waals surface area (Å²) in [6, 6.07) is 131. The summed E-state index contributed by atoms with van der Waals surface area (Å²) in [5.41, 5.74) is 25.3. The standard InChI is InChI=1S/C94H60N6/c1-7-25-61(26-8-1)67-42-48-84-75(55-67)76-56-68(62-27-9-2-10-28-62)43-49-85(76)97(84)91-90(81-39-23-24-54-95-81)92(98-86-50-44-69(63-29-11-3-12-30-63)57-77(86)78-58-70(45-51-87(78)98)64-31-13-4-14-32-64)94(96-93(91)99-82-40-21-19-37-73(82)74-38-20-22-41-83(74)99)100-88-52-46-71(65-33-15-5-16-34-65)59-79(88)80-60-72(47-53-89(80)100)66-35-17-6-18-36-66/h1-60H. The van der Waals surface area contributed by atoms with Crippen LogP contribution >= 0.6 is 0 Å². The number of hydrogen-bond donors (Lipinski definition) is 0. The van der Waals surface area contributed by atoms with Crippen molar-refractivity contribution in [3.05, 3.63) is 364 Å². The number of nitrogens with zero attached hydrogens (tertiary/aromatic N) is 6. The third kappa shape index (κ3) is 9.12. The van der Waals surface area contributed by atoms with E-state index in [1.165, 1.54) is 0 Å². The molecule has 20 rings (SSSR count). The molecule has 100 heavy (non-hydrogen) atoms. The van der Waals surface area contributed by atoms with Crippen LogP contribution in [0.15, 0.2) is 364 Å². The molecule has 6 aromatic heterocycles. The Bertz CT molecular complexity index is 6250. The van der Waals surface area contributed by atoms with E-state index in [-0.39, 0.29) is 0 Å². The predicted octanol–water partition coefficient (Wildman–Crippen LogP) is 24.5. The van der Waals surface area contributed by atoms with E-state index in [4.69, 9.17) is 9.97 Å². The maximum atomic E-state index is 6.66. The average molecular weight is 1270 g/mol. The molecule has 466 valence electrons. The number of para-hydroxylation sites is 2. The molecule has 0 spiro atoms. The minimum Gasteiger partial charge on any atom is -0.305 e. The van der Waals surface area contributed by atoms with Crippen LogP contribution in [0.2, 0.25) is 0 Å². The van der Waals surface area contributed by atoms with E-state index >= 15 is 0 Å². The van der Waals surface area contributed by atoms with E-state index in [9.17, 15) is 0 Å². The van der Waals surface area contributed by atoms with Crippen LogP contribution in [0, 0.1) is 0 Å². The highest BCUT2D eigenvalue weighted by atomic mass is 15.2. The second kappa shape index (κ2) is 23.2. The number of benzene rings is 14. The highest BCUT2D eigenvalue weighted by Gasteiger charge is 2.34. The summed E-state index contributed by atoms with van der Waals surface area (Å²) in [6.07, 6.45) is 1.95. The average Bonchev–Trinajstić information content (AvgIpc) is 1.50. The Morgan fingerprint density at radius 3 is 0.690 bits per heavy atom. The van der Waals surface area contributed by atoms with Crippen LogP contribution in [0.1, 0.15) is 0 Å². The second-order valence-electron chi connectivity index (χ2n) is 26.0. The lowest BCUT2D eigenvalue weighted by Crippen LogP contribution is -2.16. The van der Waals surface area contributed by atoms with Crippen molar-refractivity contribution < 1.29 is 0 Å². The Labute approximate surface area is 577 Å². The Hall–Kier alpha value is -13.4. The largest absolute Gasteiger partial charge is 0.305 e. The molecule has 0 radical (unpaired) electrons. The van der Waals surface area contributed by atoms with Gasteiger partial charge in [-0.15, -0.1) is 0 Å². The van der Waals surface area contributed by atoms with E-state index in [0.717, 1.165) is 188 Å². The molecule has 0 aliphatic rings. The zero-order valence-electron chi connectivity index (χ0n) is 54.3. The van der Waals surface area contributed by atoms with Crippen molar-refractivity contribution in [2.75, 3.05) is 0 Å². The lowest BCUT2D eigenvalue weighted by atomic mass is 10.0. The second-order valence-corrected chi connectivity index (χ2v) is 26.0. The van der Waals surface area contributed by atoms with Crippen molar-refractivity contribution in [2.24, 2.45) is 0 Å². The number of aromatic nitrogens is 6. The zero-order valence-corrected chi connectivity index (χ0v) is 54.3. The van der Waals surface area contributed by atoms with E-state index in [2.05, 4.69) is 370 Å². The molecule has 0 aliphatic carbocycles. The third-order valence-electron chi connectivity index (χ3n) is 20.4. The van der Waals surface area contributed by atoms with Gasteiger partial charge in [0.1, 0.15) is 11.4 Å². The minimum atomic E-state index is 0.734. The van der Waals surface area contributed by atoms with Gasteiger partial charge in [0.05, 0.1) is 55.4 Å². The topological polar surface area (TPSA) is 45.5 Å². The van der Waals surface area contributed by atoms with Gasteiger partial charge >= 0.3 is 0 Å². The molecule has 0 saturated carbocycles. The van der Waals surface area contributed by atoms with Gasteiger partial charge in [-0.3, -0.25) is 14.1 Å². The fourth-order valence-electron chi connectivity index (χ4n) is 15.8. The molecule has 6 nitrogen and oxygen atoms in total. The smallest absolute Gasteiger partial charge is 0.165 e. The Morgan fingerprint density at radius 1 is 0.180 bits per heavy atom. The van der Waals surface area contributed by atoms with Gasteiger partial charge in [-0.25, -0.2) is 4.98 Å². The fraction of sp³-hybridized carbons (Fsp3) is 0. The zero-order chi connectivity index (χ0) is 65.8. The van der Waals surface area contributed by atoms with E-state index in [1.807, 2.05) is 12.3 Å². The highest BCUT2D eigenvalue weighted by Crippen LogP contribution is 2.50. The van der Waals surface area contributed by atoms with Crippen molar-refractivity contribution in [1.29, 1.82) is 0 Å². The number of rotatable bonds is 11. The first-order chi connectivity index (χ1) is 49.6. The molecule has 0 bridgehead atoms. The summed E-state index contributed by atoms with van der Waals surface area (Å²) in [5.74, 6) is 1.47. The summed E-state index contributed by atoms with van der Waals surface area (Å²) in [5, 5.41) is 8.93. The normalized spacial score (nSPS) is 11.8. The summed E-state index contributed by atoms with van der Waals surface area (Å²) < 4.78 is 9.96. The first-order valence-corrected chi connectivity index (χ1v) is 34.2. The van der Waals surface area contributed by atoms with Crippen LogP contribution < -0.4 is 0 Å². The van der Waals surface area contributed by atoms with Gasteiger partial charge in [0.25, 0.3) is 0 Å². The lowest BCUT2D eigenvalue weighted by Gasteiger charge is -2.26. The van der Waals surface area contributed by atoms with Crippen LogP contribution in [0.5, 0.6) is 0 Å². The van der Waals surface area contributed by atoms with Gasteiger partial charge in [0.15, 0.2) is 11.6 Å². The third-order valence-corrected chi connectivity index (χ3v) is 20.4. The van der Waals surface area contributed by atoms with Gasteiger partial charge in [0.2, 0.25) is 0 Å². The Balaban J connectivity index is 1.03. The van der Waals surface area contributed by atoms with Crippen molar-refractivity contribution >= 4 is 87.2 Å². The molecule has 0 saturated heterocycles. The molecule has 0 unspecified atom stereocenters. The summed E-state index contributed by atoms with van der Waals surface area (Å²) >= 11 is 0. The first-order valence-electron chi connectivity index (χ1n) is 34.2. The van der Waals surface area contributed by atoms with Gasteiger partial charge in [0, 0.05) is 49.3 Å². The van der Waals surface area contributed by atoms with Gasteiger partial charge < -0.3 is 9.13 Å². The Kier molecular flexibility index (Phi) is 13.2. The SMILES string of the molecule is c1ccc(-c2ccc3c(c2)c2cc(-c4ccccc4)ccc2n3-c2nc(-n3c4ccccc4c4ccccc43)c(-n3c4ccc(-c5ccccc5)cc4c4cc(-c5ccccc5)ccc43)c(-c3ccccn3)c2-n2c3ccc(-c4ccccc4)cc3c3cc(-c4ccccc4)ccc32)cc1. The maximum absolute atomic E-state index is 6.66. The highest BCUT2D eigenvalue weighted by molar-refractivity contribution is 6.18. The molecule has 20 aromatic rings. The van der Waals surface area contributed by atoms with Crippen molar-refractivity contribution in [1.82, 2.24) is 28.2 Å². The molecule has 0 atom stereocenters. The van der Waals surface area contributed by atoms with Crippen LogP contribution in [0.25, 0.3) is 188 Å². The summed E-state index contributed by atoms with van der Waals surface area (Å²) in [6.45, 7) is 0.